The first kappa shape index (κ1) is 15.3. The summed E-state index contributed by atoms with van der Waals surface area (Å²) < 4.78 is 20.4. The number of hydrogen-bond donors (Lipinski definition) is 4. The van der Waals surface area contributed by atoms with Crippen molar-refractivity contribution in [1.29, 1.82) is 0 Å². The molecule has 0 aromatic carbocycles. The van der Waals surface area contributed by atoms with Gasteiger partial charge in [-0.05, 0) is 6.54 Å². The van der Waals surface area contributed by atoms with Gasteiger partial charge in [-0.2, -0.15) is 0 Å². The minimum absolute atomic E-state index is 0.481. The predicted octanol–water partition coefficient (Wildman–Crippen LogP) is -1.66. The highest BCUT2D eigenvalue weighted by Gasteiger charge is 2.45. The van der Waals surface area contributed by atoms with Gasteiger partial charge in [-0.15, -0.1) is 5.10 Å². The van der Waals surface area contributed by atoms with Crippen LogP contribution in [0.2, 0.25) is 0 Å². The molecule has 1 aliphatic heterocycles. The van der Waals surface area contributed by atoms with E-state index in [-0.39, 0.29) is 0 Å². The Balaban J connectivity index is 2.12. The molecule has 2 rings (SSSR count). The number of aliphatic hydroxyl groups excluding tert-OH is 3. The van der Waals surface area contributed by atoms with E-state index in [1.807, 2.05) is 6.92 Å². The van der Waals surface area contributed by atoms with Crippen LogP contribution in [0.5, 0.6) is 0 Å². The molecule has 0 aliphatic carbocycles. The number of halogens is 1. The van der Waals surface area contributed by atoms with E-state index in [2.05, 4.69) is 15.6 Å². The normalized spacial score (nSPS) is 34.4. The van der Waals surface area contributed by atoms with E-state index in [0.717, 1.165) is 11.2 Å². The maximum Gasteiger partial charge on any atom is 0.186 e. The van der Waals surface area contributed by atoms with Crippen LogP contribution >= 0.6 is 0 Å². The minimum atomic E-state index is -1.86. The molecular formula is C11H19FN4O4. The second kappa shape index (κ2) is 6.55. The molecule has 0 saturated carbocycles. The number of aromatic nitrogens is 3. The Hall–Kier alpha value is -1.13. The van der Waals surface area contributed by atoms with E-state index in [1.165, 1.54) is 6.20 Å². The van der Waals surface area contributed by atoms with Gasteiger partial charge in [-0.3, -0.25) is 0 Å². The Bertz CT molecular complexity index is 430. The molecule has 5 atom stereocenters. The van der Waals surface area contributed by atoms with Crippen molar-refractivity contribution < 1.29 is 24.4 Å². The van der Waals surface area contributed by atoms with Gasteiger partial charge in [0.15, 0.2) is 12.4 Å². The Morgan fingerprint density at radius 1 is 1.45 bits per heavy atom. The molecule has 5 unspecified atom stereocenters. The van der Waals surface area contributed by atoms with Crippen LogP contribution in [-0.2, 0) is 11.3 Å². The smallest absolute Gasteiger partial charge is 0.186 e. The number of alkyl halides is 1. The summed E-state index contributed by atoms with van der Waals surface area (Å²) in [6, 6.07) is 0. The quantitative estimate of drug-likeness (QED) is 0.513. The number of nitrogens with zero attached hydrogens (tertiary/aromatic N) is 3. The number of hydrogen-bond acceptors (Lipinski definition) is 7. The molecule has 0 radical (unpaired) electrons. The summed E-state index contributed by atoms with van der Waals surface area (Å²) in [6.07, 6.45) is -5.78. The van der Waals surface area contributed by atoms with Crippen molar-refractivity contribution in [2.45, 2.75) is 44.2 Å². The maximum atomic E-state index is 14.0. The Morgan fingerprint density at radius 3 is 2.85 bits per heavy atom. The van der Waals surface area contributed by atoms with E-state index in [4.69, 9.17) is 9.84 Å². The zero-order valence-corrected chi connectivity index (χ0v) is 11.1. The SMILES string of the molecule is CCNCc1cn(C2OC(CO)C(O)C(O)C2F)nn1. The average molecular weight is 290 g/mol. The summed E-state index contributed by atoms with van der Waals surface area (Å²) in [5.74, 6) is 0. The van der Waals surface area contributed by atoms with Gasteiger partial charge < -0.3 is 25.4 Å². The van der Waals surface area contributed by atoms with Gasteiger partial charge in [0.05, 0.1) is 18.5 Å². The van der Waals surface area contributed by atoms with Gasteiger partial charge in [-0.25, -0.2) is 9.07 Å². The van der Waals surface area contributed by atoms with Gasteiger partial charge in [0, 0.05) is 6.54 Å². The molecule has 0 spiro atoms. The summed E-state index contributed by atoms with van der Waals surface area (Å²) in [4.78, 5) is 0. The van der Waals surface area contributed by atoms with E-state index >= 15 is 0 Å². The minimum Gasteiger partial charge on any atom is -0.394 e. The van der Waals surface area contributed by atoms with Crippen LogP contribution in [0.1, 0.15) is 18.8 Å². The van der Waals surface area contributed by atoms with Gasteiger partial charge >= 0.3 is 0 Å². The van der Waals surface area contributed by atoms with Crippen molar-refractivity contribution >= 4 is 0 Å². The van der Waals surface area contributed by atoms with Crippen LogP contribution in [-0.4, -0.2) is 67.9 Å². The van der Waals surface area contributed by atoms with Crippen LogP contribution in [0.4, 0.5) is 4.39 Å². The third kappa shape index (κ3) is 2.96. The van der Waals surface area contributed by atoms with E-state index in [9.17, 15) is 14.6 Å². The summed E-state index contributed by atoms with van der Waals surface area (Å²) in [5.41, 5.74) is 0.601. The van der Waals surface area contributed by atoms with Gasteiger partial charge in [-0.1, -0.05) is 12.1 Å². The monoisotopic (exact) mass is 290 g/mol. The van der Waals surface area contributed by atoms with E-state index in [1.54, 1.807) is 0 Å². The predicted molar refractivity (Wildman–Crippen MR) is 65.3 cm³/mol. The first-order chi connectivity index (χ1) is 9.58. The highest BCUT2D eigenvalue weighted by molar-refractivity contribution is 4.96. The van der Waals surface area contributed by atoms with Crippen LogP contribution in [0, 0.1) is 0 Å². The van der Waals surface area contributed by atoms with Crippen molar-refractivity contribution in [1.82, 2.24) is 20.3 Å². The summed E-state index contributed by atoms with van der Waals surface area (Å²) >= 11 is 0. The molecule has 0 amide bonds. The van der Waals surface area contributed by atoms with E-state index < -0.39 is 37.3 Å². The highest BCUT2D eigenvalue weighted by Crippen LogP contribution is 2.29. The third-order valence-corrected chi connectivity index (χ3v) is 3.20. The molecule has 1 fully saturated rings. The molecule has 4 N–H and O–H groups in total. The summed E-state index contributed by atoms with van der Waals surface area (Å²) in [7, 11) is 0. The lowest BCUT2D eigenvalue weighted by atomic mass is 9.99. The van der Waals surface area contributed by atoms with Crippen molar-refractivity contribution in [2.75, 3.05) is 13.2 Å². The number of aliphatic hydroxyl groups is 3. The Morgan fingerprint density at radius 2 is 2.20 bits per heavy atom. The fourth-order valence-electron chi connectivity index (χ4n) is 2.04. The average Bonchev–Trinajstić information content (AvgIpc) is 2.91. The number of rotatable bonds is 5. The molecule has 1 aromatic heterocycles. The van der Waals surface area contributed by atoms with Gasteiger partial charge in [0.25, 0.3) is 0 Å². The molecule has 9 heteroatoms. The van der Waals surface area contributed by atoms with Gasteiger partial charge in [0.2, 0.25) is 0 Å². The lowest BCUT2D eigenvalue weighted by Crippen LogP contribution is -2.55. The lowest BCUT2D eigenvalue weighted by Gasteiger charge is -2.38. The zero-order valence-electron chi connectivity index (χ0n) is 11.1. The zero-order chi connectivity index (χ0) is 14.7. The molecule has 1 aliphatic rings. The van der Waals surface area contributed by atoms with Crippen molar-refractivity contribution in [3.63, 3.8) is 0 Å². The molecule has 1 aromatic rings. The van der Waals surface area contributed by atoms with Crippen molar-refractivity contribution in [3.05, 3.63) is 11.9 Å². The first-order valence-electron chi connectivity index (χ1n) is 6.46. The Labute approximate surface area is 115 Å². The summed E-state index contributed by atoms with van der Waals surface area (Å²) in [5, 5.41) is 38.9. The number of nitrogens with one attached hydrogen (secondary N) is 1. The van der Waals surface area contributed by atoms with Crippen molar-refractivity contribution in [3.8, 4) is 0 Å². The molecular weight excluding hydrogens is 271 g/mol. The van der Waals surface area contributed by atoms with Crippen LogP contribution in [0.15, 0.2) is 6.20 Å². The Kier molecular flexibility index (Phi) is 5.00. The molecule has 2 heterocycles. The largest absolute Gasteiger partial charge is 0.394 e. The highest BCUT2D eigenvalue weighted by atomic mass is 19.1. The second-order valence-corrected chi connectivity index (χ2v) is 4.64. The molecule has 1 saturated heterocycles. The summed E-state index contributed by atoms with van der Waals surface area (Å²) in [6.45, 7) is 2.65. The fraction of sp³-hybridized carbons (Fsp3) is 0.818. The lowest BCUT2D eigenvalue weighted by molar-refractivity contribution is -0.237. The molecule has 0 bridgehead atoms. The first-order valence-corrected chi connectivity index (χ1v) is 6.46. The van der Waals surface area contributed by atoms with Crippen LogP contribution in [0.25, 0.3) is 0 Å². The number of ether oxygens (including phenoxy) is 1. The topological polar surface area (TPSA) is 113 Å². The molecule has 8 nitrogen and oxygen atoms in total. The molecule has 114 valence electrons. The van der Waals surface area contributed by atoms with Gasteiger partial charge in [0.1, 0.15) is 18.3 Å². The van der Waals surface area contributed by atoms with E-state index in [0.29, 0.717) is 12.2 Å². The van der Waals surface area contributed by atoms with Crippen molar-refractivity contribution in [2.24, 2.45) is 0 Å². The molecule has 20 heavy (non-hydrogen) atoms. The third-order valence-electron chi connectivity index (χ3n) is 3.20. The van der Waals surface area contributed by atoms with Crippen LogP contribution in [0.3, 0.4) is 0 Å². The second-order valence-electron chi connectivity index (χ2n) is 4.64. The maximum absolute atomic E-state index is 14.0. The fourth-order valence-corrected chi connectivity index (χ4v) is 2.04. The standard InChI is InChI=1S/C11H19FN4O4/c1-2-13-3-6-4-16(15-14-6)11-8(12)10(19)9(18)7(5-17)20-11/h4,7-11,13,17-19H,2-3,5H2,1H3. The van der Waals surface area contributed by atoms with Crippen LogP contribution < -0.4 is 5.32 Å².